The van der Waals surface area contributed by atoms with Crippen LogP contribution in [0.2, 0.25) is 0 Å². The first-order valence-corrected chi connectivity index (χ1v) is 4.66. The van der Waals surface area contributed by atoms with Crippen LogP contribution in [0.3, 0.4) is 0 Å². The number of aliphatic hydroxyl groups excluding tert-OH is 1. The van der Waals surface area contributed by atoms with E-state index in [0.717, 1.165) is 39.1 Å². The maximum Gasteiger partial charge on any atom is 0.0830 e. The fourth-order valence-corrected chi connectivity index (χ4v) is 1.27. The Morgan fingerprint density at radius 1 is 1.67 bits per heavy atom. The van der Waals surface area contributed by atoms with Crippen LogP contribution in [-0.2, 0) is 9.47 Å². The lowest BCUT2D eigenvalue weighted by atomic mass is 10.2. The summed E-state index contributed by atoms with van der Waals surface area (Å²) < 4.78 is 10.7. The van der Waals surface area contributed by atoms with Gasteiger partial charge in [-0.25, -0.2) is 0 Å². The number of aliphatic hydroxyl groups is 1. The molecule has 0 aliphatic carbocycles. The fourth-order valence-electron chi connectivity index (χ4n) is 1.27. The summed E-state index contributed by atoms with van der Waals surface area (Å²) in [6.45, 7) is 4.13. The topological polar surface area (TPSA) is 38.7 Å². The Morgan fingerprint density at radius 2 is 2.50 bits per heavy atom. The summed E-state index contributed by atoms with van der Waals surface area (Å²) in [5, 5.41) is 8.96. The first-order valence-electron chi connectivity index (χ1n) is 4.66. The van der Waals surface area contributed by atoms with Crippen molar-refractivity contribution >= 4 is 0 Å². The van der Waals surface area contributed by atoms with Gasteiger partial charge in [-0.3, -0.25) is 0 Å². The van der Waals surface area contributed by atoms with Gasteiger partial charge < -0.3 is 14.6 Å². The van der Waals surface area contributed by atoms with Crippen LogP contribution in [0.15, 0.2) is 0 Å². The number of ether oxygens (including phenoxy) is 2. The van der Waals surface area contributed by atoms with Crippen molar-refractivity contribution in [2.24, 2.45) is 0 Å². The molecule has 0 aromatic carbocycles. The van der Waals surface area contributed by atoms with Crippen molar-refractivity contribution in [3.63, 3.8) is 0 Å². The molecule has 2 unspecified atom stereocenters. The highest BCUT2D eigenvalue weighted by molar-refractivity contribution is 4.62. The van der Waals surface area contributed by atoms with Gasteiger partial charge in [0.2, 0.25) is 0 Å². The summed E-state index contributed by atoms with van der Waals surface area (Å²) in [5.74, 6) is 0. The van der Waals surface area contributed by atoms with E-state index in [-0.39, 0.29) is 6.10 Å². The Balaban J connectivity index is 1.88. The lowest BCUT2D eigenvalue weighted by molar-refractivity contribution is 0.0358. The summed E-state index contributed by atoms with van der Waals surface area (Å²) in [6, 6.07) is 0. The molecule has 1 fully saturated rings. The SMILES string of the molecule is CC(O)CCCOC1CCOC1. The van der Waals surface area contributed by atoms with Crippen LogP contribution < -0.4 is 0 Å². The van der Waals surface area contributed by atoms with Crippen molar-refractivity contribution in [1.82, 2.24) is 0 Å². The van der Waals surface area contributed by atoms with Crippen molar-refractivity contribution < 1.29 is 14.6 Å². The van der Waals surface area contributed by atoms with E-state index in [4.69, 9.17) is 14.6 Å². The molecule has 0 bridgehead atoms. The van der Waals surface area contributed by atoms with E-state index >= 15 is 0 Å². The van der Waals surface area contributed by atoms with E-state index in [2.05, 4.69) is 0 Å². The van der Waals surface area contributed by atoms with Gasteiger partial charge in [-0.15, -0.1) is 0 Å². The average Bonchev–Trinajstić information content (AvgIpc) is 2.49. The Hall–Kier alpha value is -0.120. The third kappa shape index (κ3) is 4.04. The molecule has 3 nitrogen and oxygen atoms in total. The third-order valence-corrected chi connectivity index (χ3v) is 2.01. The smallest absolute Gasteiger partial charge is 0.0830 e. The summed E-state index contributed by atoms with van der Waals surface area (Å²) in [4.78, 5) is 0. The molecular weight excluding hydrogens is 156 g/mol. The molecule has 0 aromatic rings. The van der Waals surface area contributed by atoms with E-state index in [1.807, 2.05) is 0 Å². The van der Waals surface area contributed by atoms with Crippen LogP contribution in [0.1, 0.15) is 26.2 Å². The van der Waals surface area contributed by atoms with Crippen LogP contribution in [0.25, 0.3) is 0 Å². The summed E-state index contributed by atoms with van der Waals surface area (Å²) in [5.41, 5.74) is 0. The van der Waals surface area contributed by atoms with Crippen LogP contribution in [0.5, 0.6) is 0 Å². The zero-order valence-electron chi connectivity index (χ0n) is 7.66. The van der Waals surface area contributed by atoms with E-state index in [1.165, 1.54) is 0 Å². The lowest BCUT2D eigenvalue weighted by Crippen LogP contribution is -2.13. The summed E-state index contributed by atoms with van der Waals surface area (Å²) >= 11 is 0. The van der Waals surface area contributed by atoms with Crippen molar-refractivity contribution in [2.75, 3.05) is 19.8 Å². The molecule has 72 valence electrons. The maximum absolute atomic E-state index is 8.96. The van der Waals surface area contributed by atoms with Gasteiger partial charge in [0.15, 0.2) is 0 Å². The fraction of sp³-hybridized carbons (Fsp3) is 1.00. The van der Waals surface area contributed by atoms with Gasteiger partial charge in [-0.2, -0.15) is 0 Å². The number of rotatable bonds is 5. The normalized spacial score (nSPS) is 26.0. The molecule has 1 aliphatic rings. The van der Waals surface area contributed by atoms with Crippen molar-refractivity contribution in [2.45, 2.75) is 38.4 Å². The Labute approximate surface area is 73.7 Å². The van der Waals surface area contributed by atoms with Gasteiger partial charge in [0.25, 0.3) is 0 Å². The molecule has 3 heteroatoms. The molecule has 12 heavy (non-hydrogen) atoms. The van der Waals surface area contributed by atoms with Crippen LogP contribution in [0, 0.1) is 0 Å². The molecule has 0 radical (unpaired) electrons. The first-order chi connectivity index (χ1) is 5.79. The second-order valence-corrected chi connectivity index (χ2v) is 3.35. The molecule has 1 N–H and O–H groups in total. The molecule has 1 heterocycles. The molecule has 0 saturated carbocycles. The number of hydrogen-bond donors (Lipinski definition) is 1. The molecule has 2 atom stereocenters. The predicted molar refractivity (Wildman–Crippen MR) is 46.1 cm³/mol. The molecule has 1 rings (SSSR count). The highest BCUT2D eigenvalue weighted by Gasteiger charge is 2.15. The van der Waals surface area contributed by atoms with Gasteiger partial charge >= 0.3 is 0 Å². The van der Waals surface area contributed by atoms with Gasteiger partial charge in [-0.05, 0) is 26.2 Å². The highest BCUT2D eigenvalue weighted by atomic mass is 16.5. The second-order valence-electron chi connectivity index (χ2n) is 3.35. The molecule has 0 spiro atoms. The molecular formula is C9H18O3. The summed E-state index contributed by atoms with van der Waals surface area (Å²) in [6.07, 6.45) is 2.89. The maximum atomic E-state index is 8.96. The Kier molecular flexibility index (Phi) is 4.58. The van der Waals surface area contributed by atoms with E-state index in [9.17, 15) is 0 Å². The lowest BCUT2D eigenvalue weighted by Gasteiger charge is -2.09. The van der Waals surface area contributed by atoms with E-state index in [0.29, 0.717) is 6.10 Å². The van der Waals surface area contributed by atoms with Gasteiger partial charge in [0, 0.05) is 13.2 Å². The molecule has 1 aliphatic heterocycles. The Morgan fingerprint density at radius 3 is 3.08 bits per heavy atom. The first kappa shape index (κ1) is 9.96. The zero-order chi connectivity index (χ0) is 8.81. The van der Waals surface area contributed by atoms with Crippen molar-refractivity contribution in [1.29, 1.82) is 0 Å². The quantitative estimate of drug-likeness (QED) is 0.631. The molecule has 0 amide bonds. The second kappa shape index (κ2) is 5.51. The van der Waals surface area contributed by atoms with Gasteiger partial charge in [0.1, 0.15) is 0 Å². The molecule has 0 aromatic heterocycles. The number of hydrogen-bond acceptors (Lipinski definition) is 3. The third-order valence-electron chi connectivity index (χ3n) is 2.01. The minimum absolute atomic E-state index is 0.201. The Bertz CT molecular complexity index is 108. The zero-order valence-corrected chi connectivity index (χ0v) is 7.66. The standard InChI is InChI=1S/C9H18O3/c1-8(10)3-2-5-12-9-4-6-11-7-9/h8-10H,2-7H2,1H3. The predicted octanol–water partition coefficient (Wildman–Crippen LogP) is 0.953. The van der Waals surface area contributed by atoms with Gasteiger partial charge in [0.05, 0.1) is 18.8 Å². The van der Waals surface area contributed by atoms with Crippen molar-refractivity contribution in [3.05, 3.63) is 0 Å². The minimum Gasteiger partial charge on any atom is -0.393 e. The molecule has 1 saturated heterocycles. The highest BCUT2D eigenvalue weighted by Crippen LogP contribution is 2.08. The van der Waals surface area contributed by atoms with E-state index < -0.39 is 0 Å². The largest absolute Gasteiger partial charge is 0.393 e. The van der Waals surface area contributed by atoms with Crippen LogP contribution in [0.4, 0.5) is 0 Å². The van der Waals surface area contributed by atoms with E-state index in [1.54, 1.807) is 6.92 Å². The van der Waals surface area contributed by atoms with Gasteiger partial charge in [-0.1, -0.05) is 0 Å². The minimum atomic E-state index is -0.201. The monoisotopic (exact) mass is 174 g/mol. The van der Waals surface area contributed by atoms with Crippen molar-refractivity contribution in [3.8, 4) is 0 Å². The summed E-state index contributed by atoms with van der Waals surface area (Å²) in [7, 11) is 0. The van der Waals surface area contributed by atoms with Crippen LogP contribution >= 0.6 is 0 Å². The van der Waals surface area contributed by atoms with Crippen LogP contribution in [-0.4, -0.2) is 37.1 Å². The average molecular weight is 174 g/mol.